The molecule has 2 fully saturated rings. The van der Waals surface area contributed by atoms with Gasteiger partial charge in [-0.25, -0.2) is 4.79 Å². The lowest BCUT2D eigenvalue weighted by atomic mass is 9.95. The number of rotatable bonds is 8. The first-order valence-electron chi connectivity index (χ1n) is 11.6. The van der Waals surface area contributed by atoms with E-state index in [1.807, 2.05) is 35.2 Å². The Balaban J connectivity index is 1.25. The molecule has 2 atom stereocenters. The van der Waals surface area contributed by atoms with Crippen molar-refractivity contribution in [2.75, 3.05) is 39.3 Å². The summed E-state index contributed by atoms with van der Waals surface area (Å²) in [6.45, 7) is 9.77. The minimum Gasteiger partial charge on any atom is -0.445 e. The Bertz CT molecular complexity index is 681. The van der Waals surface area contributed by atoms with Crippen molar-refractivity contribution in [2.24, 2.45) is 5.92 Å². The number of morpholine rings is 1. The molecule has 2 aliphatic heterocycles. The number of amides is 2. The third-order valence-corrected chi connectivity index (χ3v) is 6.03. The first kappa shape index (κ1) is 23.5. The summed E-state index contributed by atoms with van der Waals surface area (Å²) >= 11 is 0. The van der Waals surface area contributed by atoms with Crippen molar-refractivity contribution in [1.82, 2.24) is 15.1 Å². The van der Waals surface area contributed by atoms with Crippen LogP contribution in [-0.2, 0) is 20.9 Å². The highest BCUT2D eigenvalue weighted by Crippen LogP contribution is 2.21. The molecule has 1 N–H and O–H groups in total. The van der Waals surface area contributed by atoms with E-state index in [4.69, 9.17) is 9.47 Å². The number of ether oxygens (including phenoxy) is 2. The molecule has 1 aromatic carbocycles. The van der Waals surface area contributed by atoms with E-state index in [-0.39, 0.29) is 12.5 Å². The fraction of sp³-hybridized carbons (Fsp3) is 0.667. The number of carbonyl (C=O) groups is 2. The van der Waals surface area contributed by atoms with Crippen molar-refractivity contribution in [3.05, 3.63) is 35.9 Å². The maximum Gasteiger partial charge on any atom is 0.407 e. The summed E-state index contributed by atoms with van der Waals surface area (Å²) in [5, 5.41) is 2.72. The third-order valence-electron chi connectivity index (χ3n) is 6.03. The van der Waals surface area contributed by atoms with Gasteiger partial charge in [0.2, 0.25) is 5.91 Å². The zero-order valence-corrected chi connectivity index (χ0v) is 18.9. The molecule has 172 valence electrons. The minimum absolute atomic E-state index is 0.187. The van der Waals surface area contributed by atoms with Gasteiger partial charge in [0.15, 0.2) is 0 Å². The van der Waals surface area contributed by atoms with E-state index in [9.17, 15) is 9.59 Å². The Morgan fingerprint density at radius 3 is 2.45 bits per heavy atom. The molecule has 2 saturated heterocycles. The van der Waals surface area contributed by atoms with Crippen LogP contribution in [0.25, 0.3) is 0 Å². The van der Waals surface area contributed by atoms with Gasteiger partial charge in [-0.3, -0.25) is 9.69 Å². The van der Waals surface area contributed by atoms with Gasteiger partial charge in [0.05, 0.1) is 12.2 Å². The molecule has 1 aromatic rings. The zero-order chi connectivity index (χ0) is 22.1. The van der Waals surface area contributed by atoms with Crippen molar-refractivity contribution >= 4 is 12.0 Å². The molecule has 7 heteroatoms. The number of alkyl carbamates (subject to hydrolysis) is 1. The Labute approximate surface area is 186 Å². The predicted octanol–water partition coefficient (Wildman–Crippen LogP) is 3.04. The number of nitrogens with one attached hydrogen (secondary N) is 1. The normalized spacial score (nSPS) is 22.8. The molecule has 0 spiro atoms. The van der Waals surface area contributed by atoms with Crippen molar-refractivity contribution < 1.29 is 19.1 Å². The molecule has 0 aliphatic carbocycles. The molecule has 7 nitrogen and oxygen atoms in total. The van der Waals surface area contributed by atoms with Crippen LogP contribution in [0.3, 0.4) is 0 Å². The van der Waals surface area contributed by atoms with E-state index in [1.54, 1.807) is 0 Å². The number of likely N-dealkylation sites (tertiary alicyclic amines) is 1. The molecule has 2 heterocycles. The second-order valence-electron chi connectivity index (χ2n) is 8.89. The molecule has 0 bridgehead atoms. The fourth-order valence-corrected chi connectivity index (χ4v) is 4.53. The van der Waals surface area contributed by atoms with Crippen LogP contribution in [0.1, 0.15) is 45.1 Å². The summed E-state index contributed by atoms with van der Waals surface area (Å²) in [6, 6.07) is 9.57. The first-order valence-corrected chi connectivity index (χ1v) is 11.6. The van der Waals surface area contributed by atoms with E-state index in [1.165, 1.54) is 0 Å². The Hall–Kier alpha value is -2.12. The lowest BCUT2D eigenvalue weighted by Crippen LogP contribution is -2.48. The highest BCUT2D eigenvalue weighted by atomic mass is 16.5. The standard InChI is InChI=1S/C24H37N3O4/c1-19-15-26(16-20(2)31-19)17-21-10-13-27(14-11-21)23(28)9-6-12-25-24(29)30-18-22-7-4-3-5-8-22/h3-5,7-8,19-21H,6,9-18H2,1-2H3,(H,25,29). The quantitative estimate of drug-likeness (QED) is 0.641. The summed E-state index contributed by atoms with van der Waals surface area (Å²) in [4.78, 5) is 28.8. The Kier molecular flexibility index (Phi) is 9.15. The summed E-state index contributed by atoms with van der Waals surface area (Å²) in [6.07, 6.45) is 3.38. The molecule has 2 unspecified atom stereocenters. The maximum absolute atomic E-state index is 12.5. The highest BCUT2D eigenvalue weighted by molar-refractivity contribution is 5.76. The van der Waals surface area contributed by atoms with E-state index >= 15 is 0 Å². The third kappa shape index (κ3) is 8.15. The molecule has 2 amide bonds. The van der Waals surface area contributed by atoms with E-state index < -0.39 is 6.09 Å². The van der Waals surface area contributed by atoms with Crippen LogP contribution >= 0.6 is 0 Å². The summed E-state index contributed by atoms with van der Waals surface area (Å²) in [5.41, 5.74) is 0.953. The second kappa shape index (κ2) is 12.1. The monoisotopic (exact) mass is 431 g/mol. The topological polar surface area (TPSA) is 71.1 Å². The molecular weight excluding hydrogens is 394 g/mol. The van der Waals surface area contributed by atoms with Gasteiger partial charge in [0.25, 0.3) is 0 Å². The molecule has 0 saturated carbocycles. The summed E-state index contributed by atoms with van der Waals surface area (Å²) in [5.74, 6) is 0.842. The molecule has 0 aromatic heterocycles. The van der Waals surface area contributed by atoms with Crippen LogP contribution in [0.4, 0.5) is 4.79 Å². The van der Waals surface area contributed by atoms with Gasteiger partial charge in [-0.1, -0.05) is 30.3 Å². The number of benzene rings is 1. The van der Waals surface area contributed by atoms with Gasteiger partial charge >= 0.3 is 6.09 Å². The highest BCUT2D eigenvalue weighted by Gasteiger charge is 2.27. The predicted molar refractivity (Wildman–Crippen MR) is 120 cm³/mol. The average Bonchev–Trinajstić information content (AvgIpc) is 2.75. The number of hydrogen-bond donors (Lipinski definition) is 1. The van der Waals surface area contributed by atoms with Crippen LogP contribution < -0.4 is 5.32 Å². The Morgan fingerprint density at radius 1 is 1.10 bits per heavy atom. The number of nitrogens with zero attached hydrogens (tertiary/aromatic N) is 2. The SMILES string of the molecule is CC1CN(CC2CCN(C(=O)CCCNC(=O)OCc3ccccc3)CC2)CC(C)O1. The maximum atomic E-state index is 12.5. The van der Waals surface area contributed by atoms with Crippen LogP contribution in [-0.4, -0.2) is 73.3 Å². The van der Waals surface area contributed by atoms with Crippen LogP contribution in [0.2, 0.25) is 0 Å². The summed E-state index contributed by atoms with van der Waals surface area (Å²) in [7, 11) is 0. The van der Waals surface area contributed by atoms with Crippen LogP contribution in [0.15, 0.2) is 30.3 Å². The van der Waals surface area contributed by atoms with Crippen molar-refractivity contribution in [1.29, 1.82) is 0 Å². The number of piperidine rings is 1. The van der Waals surface area contributed by atoms with Crippen molar-refractivity contribution in [3.8, 4) is 0 Å². The Morgan fingerprint density at radius 2 is 1.77 bits per heavy atom. The largest absolute Gasteiger partial charge is 0.445 e. The van der Waals surface area contributed by atoms with Crippen LogP contribution in [0, 0.1) is 5.92 Å². The van der Waals surface area contributed by atoms with E-state index in [0.717, 1.165) is 51.1 Å². The van der Waals surface area contributed by atoms with Gasteiger partial charge in [0.1, 0.15) is 6.61 Å². The smallest absolute Gasteiger partial charge is 0.407 e. The second-order valence-corrected chi connectivity index (χ2v) is 8.89. The fourth-order valence-electron chi connectivity index (χ4n) is 4.53. The van der Waals surface area contributed by atoms with Crippen molar-refractivity contribution in [3.63, 3.8) is 0 Å². The summed E-state index contributed by atoms with van der Waals surface area (Å²) < 4.78 is 11.0. The molecular formula is C24H37N3O4. The molecule has 3 rings (SSSR count). The minimum atomic E-state index is -0.441. The molecule has 31 heavy (non-hydrogen) atoms. The van der Waals surface area contributed by atoms with Crippen LogP contribution in [0.5, 0.6) is 0 Å². The lowest BCUT2D eigenvalue weighted by molar-refractivity contribution is -0.132. The van der Waals surface area contributed by atoms with E-state index in [2.05, 4.69) is 24.1 Å². The van der Waals surface area contributed by atoms with Gasteiger partial charge < -0.3 is 19.7 Å². The van der Waals surface area contributed by atoms with Gasteiger partial charge in [-0.2, -0.15) is 0 Å². The van der Waals surface area contributed by atoms with Gasteiger partial charge in [0, 0.05) is 45.7 Å². The number of hydrogen-bond acceptors (Lipinski definition) is 5. The van der Waals surface area contributed by atoms with Crippen molar-refractivity contribution in [2.45, 2.75) is 58.3 Å². The zero-order valence-electron chi connectivity index (χ0n) is 18.9. The van der Waals surface area contributed by atoms with Gasteiger partial charge in [-0.05, 0) is 44.6 Å². The average molecular weight is 432 g/mol. The van der Waals surface area contributed by atoms with E-state index in [0.29, 0.717) is 37.5 Å². The van der Waals surface area contributed by atoms with Gasteiger partial charge in [-0.15, -0.1) is 0 Å². The number of carbonyl (C=O) groups excluding carboxylic acids is 2. The first-order chi connectivity index (χ1) is 15.0. The lowest BCUT2D eigenvalue weighted by Gasteiger charge is -2.39. The molecule has 0 radical (unpaired) electrons. The molecule has 2 aliphatic rings.